The average Bonchev–Trinajstić information content (AvgIpc) is 3.01. The number of aromatic nitrogens is 1. The fourth-order valence-corrected chi connectivity index (χ4v) is 6.06. The van der Waals surface area contributed by atoms with E-state index < -0.39 is 25.7 Å². The largest absolute Gasteiger partial charge is 0.756 e. The van der Waals surface area contributed by atoms with Gasteiger partial charge in [0.2, 0.25) is 6.20 Å². The first-order valence-corrected chi connectivity index (χ1v) is 19.4. The van der Waals surface area contributed by atoms with Crippen LogP contribution in [0.4, 0.5) is 4.39 Å². The zero-order chi connectivity index (χ0) is 33.7. The van der Waals surface area contributed by atoms with E-state index in [1.807, 2.05) is 0 Å². The van der Waals surface area contributed by atoms with Crippen LogP contribution in [0.15, 0.2) is 24.5 Å². The molecular weight excluding hydrogens is 612 g/mol. The molecule has 1 heterocycles. The quantitative estimate of drug-likeness (QED) is 0.0450. The molecule has 1 aromatic heterocycles. The number of hydrogen-bond donors (Lipinski definition) is 1. The highest BCUT2D eigenvalue weighted by Crippen LogP contribution is 2.38. The number of aliphatic carboxylic acids is 1. The number of carboxylic acid groups (broad SMARTS) is 1. The second kappa shape index (κ2) is 28.6. The van der Waals surface area contributed by atoms with Crippen molar-refractivity contribution in [3.63, 3.8) is 0 Å². The molecule has 0 amide bonds. The summed E-state index contributed by atoms with van der Waals surface area (Å²) in [5, 5.41) is 8.89. The fourth-order valence-electron chi connectivity index (χ4n) is 5.33. The van der Waals surface area contributed by atoms with Gasteiger partial charge in [0, 0.05) is 25.7 Å². The normalized spacial score (nSPS) is 14.3. The number of halogens is 1. The summed E-state index contributed by atoms with van der Waals surface area (Å²) in [4.78, 5) is 23.3. The SMILES string of the molecule is CCCCCCCCCCC(CCCCCCCC)COCC(COP(=O)([O-])OCC[n+]1cccc(F)c1)OCCCCC(=O)O. The van der Waals surface area contributed by atoms with Gasteiger partial charge in [-0.25, -0.2) is 8.96 Å². The van der Waals surface area contributed by atoms with Crippen LogP contribution in [0.2, 0.25) is 0 Å². The monoisotopic (exact) mass is 675 g/mol. The van der Waals surface area contributed by atoms with Crippen molar-refractivity contribution >= 4 is 13.8 Å². The van der Waals surface area contributed by atoms with Gasteiger partial charge < -0.3 is 28.5 Å². The molecular formula is C35H63FNO8P. The van der Waals surface area contributed by atoms with Gasteiger partial charge in [-0.1, -0.05) is 104 Å². The lowest BCUT2D eigenvalue weighted by Gasteiger charge is -2.26. The molecule has 46 heavy (non-hydrogen) atoms. The first-order chi connectivity index (χ1) is 22.3. The number of ether oxygens (including phenoxy) is 2. The lowest BCUT2D eigenvalue weighted by Crippen LogP contribution is -2.36. The first kappa shape index (κ1) is 42.6. The molecule has 268 valence electrons. The third-order valence-electron chi connectivity index (χ3n) is 8.07. The number of carboxylic acids is 1. The highest BCUT2D eigenvalue weighted by atomic mass is 31.2. The van der Waals surface area contributed by atoms with Gasteiger partial charge in [0.1, 0.15) is 12.7 Å². The van der Waals surface area contributed by atoms with Gasteiger partial charge in [0.25, 0.3) is 7.82 Å². The summed E-state index contributed by atoms with van der Waals surface area (Å²) in [5.74, 6) is -0.853. The van der Waals surface area contributed by atoms with Gasteiger partial charge >= 0.3 is 5.97 Å². The molecule has 1 rings (SSSR count). The van der Waals surface area contributed by atoms with Crippen LogP contribution in [0.1, 0.15) is 136 Å². The van der Waals surface area contributed by atoms with Gasteiger partial charge in [-0.2, -0.15) is 0 Å². The van der Waals surface area contributed by atoms with Crippen molar-refractivity contribution in [2.24, 2.45) is 5.92 Å². The molecule has 0 radical (unpaired) electrons. The van der Waals surface area contributed by atoms with E-state index in [1.165, 1.54) is 113 Å². The first-order valence-electron chi connectivity index (χ1n) is 17.9. The molecule has 11 heteroatoms. The summed E-state index contributed by atoms with van der Waals surface area (Å²) in [6, 6.07) is 2.82. The van der Waals surface area contributed by atoms with E-state index in [2.05, 4.69) is 13.8 Å². The van der Waals surface area contributed by atoms with Crippen molar-refractivity contribution in [3.05, 3.63) is 30.3 Å². The Hall–Kier alpha value is -1.42. The second-order valence-corrected chi connectivity index (χ2v) is 13.8. The second-order valence-electron chi connectivity index (χ2n) is 12.4. The summed E-state index contributed by atoms with van der Waals surface area (Å²) >= 11 is 0. The zero-order valence-electron chi connectivity index (χ0n) is 28.7. The Labute approximate surface area is 278 Å². The van der Waals surface area contributed by atoms with Crippen molar-refractivity contribution in [2.45, 2.75) is 148 Å². The molecule has 0 saturated carbocycles. The maximum Gasteiger partial charge on any atom is 0.303 e. The van der Waals surface area contributed by atoms with E-state index in [0.717, 1.165) is 12.8 Å². The third kappa shape index (κ3) is 25.6. The number of unbranched alkanes of at least 4 members (excludes halogenated alkanes) is 13. The molecule has 0 bridgehead atoms. The number of nitrogens with zero attached hydrogens (tertiary/aromatic N) is 1. The van der Waals surface area contributed by atoms with Gasteiger partial charge in [-0.15, -0.1) is 0 Å². The Morgan fingerprint density at radius 2 is 1.46 bits per heavy atom. The number of pyridine rings is 1. The van der Waals surface area contributed by atoms with E-state index in [1.54, 1.807) is 6.20 Å². The zero-order valence-corrected chi connectivity index (χ0v) is 29.6. The fraction of sp³-hybridized carbons (Fsp3) is 0.829. The van der Waals surface area contributed by atoms with Gasteiger partial charge in [0.15, 0.2) is 18.6 Å². The summed E-state index contributed by atoms with van der Waals surface area (Å²) in [6.07, 6.45) is 23.3. The van der Waals surface area contributed by atoms with Crippen LogP contribution in [0.3, 0.4) is 0 Å². The van der Waals surface area contributed by atoms with Crippen LogP contribution < -0.4 is 9.46 Å². The van der Waals surface area contributed by atoms with Crippen LogP contribution in [-0.2, 0) is 34.4 Å². The molecule has 3 atom stereocenters. The summed E-state index contributed by atoms with van der Waals surface area (Å²) in [6.45, 7) is 5.15. The number of rotatable bonds is 33. The van der Waals surface area contributed by atoms with Crippen molar-refractivity contribution in [1.82, 2.24) is 0 Å². The van der Waals surface area contributed by atoms with Crippen LogP contribution in [0, 0.1) is 11.7 Å². The maximum atomic E-state index is 13.4. The Bertz CT molecular complexity index is 924. The standard InChI is InChI=1S/C35H63FNO8P/c1-3-5-7-9-11-12-14-16-21-32(20-15-13-10-8-6-4-2)29-42-30-34(43-26-18-17-23-35(38)39)31-45-46(40,41)44-27-25-37-24-19-22-33(36)28-37/h19,22,24,28,32,34H,3-18,20-21,23,25-27,29-31H2,1-2H3,(H-,38,39,40,41). The Balaban J connectivity index is 2.58. The van der Waals surface area contributed by atoms with E-state index in [4.69, 9.17) is 23.6 Å². The van der Waals surface area contributed by atoms with Gasteiger partial charge in [-0.3, -0.25) is 9.36 Å². The smallest absolute Gasteiger partial charge is 0.303 e. The van der Waals surface area contributed by atoms with Gasteiger partial charge in [-0.05, 0) is 37.7 Å². The Kier molecular flexibility index (Phi) is 26.5. The Morgan fingerprint density at radius 3 is 2.04 bits per heavy atom. The third-order valence-corrected chi connectivity index (χ3v) is 9.03. The van der Waals surface area contributed by atoms with Crippen molar-refractivity contribution in [1.29, 1.82) is 0 Å². The predicted octanol–water partition coefficient (Wildman–Crippen LogP) is 8.17. The highest BCUT2D eigenvalue weighted by molar-refractivity contribution is 7.45. The van der Waals surface area contributed by atoms with E-state index in [9.17, 15) is 18.6 Å². The minimum atomic E-state index is -4.63. The number of hydrogen-bond acceptors (Lipinski definition) is 7. The van der Waals surface area contributed by atoms with E-state index >= 15 is 0 Å². The van der Waals surface area contributed by atoms with Crippen molar-refractivity contribution in [2.75, 3.05) is 33.0 Å². The minimum absolute atomic E-state index is 0.0484. The van der Waals surface area contributed by atoms with E-state index in [-0.39, 0.29) is 39.4 Å². The molecule has 0 aliphatic rings. The topological polar surface area (TPSA) is 118 Å². The molecule has 0 fully saturated rings. The maximum absolute atomic E-state index is 13.4. The average molecular weight is 676 g/mol. The molecule has 3 unspecified atom stereocenters. The van der Waals surface area contributed by atoms with Crippen LogP contribution >= 0.6 is 7.82 Å². The molecule has 1 N–H and O–H groups in total. The van der Waals surface area contributed by atoms with Crippen LogP contribution in [0.5, 0.6) is 0 Å². The van der Waals surface area contributed by atoms with Crippen LogP contribution in [-0.4, -0.2) is 50.2 Å². The molecule has 9 nitrogen and oxygen atoms in total. The predicted molar refractivity (Wildman–Crippen MR) is 177 cm³/mol. The lowest BCUT2D eigenvalue weighted by molar-refractivity contribution is -0.699. The van der Waals surface area contributed by atoms with E-state index in [0.29, 0.717) is 25.4 Å². The molecule has 1 aromatic rings. The Morgan fingerprint density at radius 1 is 0.848 bits per heavy atom. The summed E-state index contributed by atoms with van der Waals surface area (Å²) in [7, 11) is -4.63. The molecule has 0 aliphatic heterocycles. The number of phosphoric acid groups is 1. The molecule has 0 spiro atoms. The highest BCUT2D eigenvalue weighted by Gasteiger charge is 2.18. The lowest BCUT2D eigenvalue weighted by atomic mass is 9.94. The molecule has 0 saturated heterocycles. The minimum Gasteiger partial charge on any atom is -0.756 e. The summed E-state index contributed by atoms with van der Waals surface area (Å²) < 4.78 is 49.4. The van der Waals surface area contributed by atoms with Crippen LogP contribution in [0.25, 0.3) is 0 Å². The number of phosphoric ester groups is 1. The van der Waals surface area contributed by atoms with Gasteiger partial charge in [0.05, 0.1) is 13.2 Å². The number of carbonyl (C=O) groups is 1. The van der Waals surface area contributed by atoms with Crippen molar-refractivity contribution in [3.8, 4) is 0 Å². The molecule has 0 aromatic carbocycles. The summed E-state index contributed by atoms with van der Waals surface area (Å²) in [5.41, 5.74) is 0. The molecule has 0 aliphatic carbocycles. The van der Waals surface area contributed by atoms with Crippen molar-refractivity contribution < 1.29 is 46.8 Å².